The molecule has 0 aromatic carbocycles. The van der Waals surface area contributed by atoms with Gasteiger partial charge in [0.1, 0.15) is 0 Å². The standard InChI is InChI=1S/C9H17NO.C8H15NS.2C2H6/c1-10-5-2-9(8-10)3-6-11-7-4-9;1-9-4-2-8(6-9)3-5-10-7-8;2*1-2/h2-8H2,1H3;2-7H2,1H3;2*1-2H3. The van der Waals surface area contributed by atoms with Gasteiger partial charge in [-0.05, 0) is 75.9 Å². The second kappa shape index (κ2) is 11.8. The molecule has 0 N–H and O–H groups in total. The summed E-state index contributed by atoms with van der Waals surface area (Å²) in [5.41, 5.74) is 1.40. The van der Waals surface area contributed by atoms with Crippen molar-refractivity contribution in [3.8, 4) is 0 Å². The van der Waals surface area contributed by atoms with E-state index in [4.69, 9.17) is 4.74 Å². The third kappa shape index (κ3) is 7.04. The first-order valence-corrected chi connectivity index (χ1v) is 11.8. The molecule has 4 aliphatic heterocycles. The van der Waals surface area contributed by atoms with E-state index < -0.39 is 0 Å². The fourth-order valence-corrected chi connectivity index (χ4v) is 6.04. The summed E-state index contributed by atoms with van der Waals surface area (Å²) in [4.78, 5) is 4.93. The van der Waals surface area contributed by atoms with Crippen molar-refractivity contribution in [3.63, 3.8) is 0 Å². The van der Waals surface area contributed by atoms with E-state index in [2.05, 4.69) is 35.7 Å². The third-order valence-corrected chi connectivity index (χ3v) is 7.31. The first-order valence-electron chi connectivity index (χ1n) is 10.6. The number of thioether (sulfide) groups is 1. The predicted molar refractivity (Wildman–Crippen MR) is 114 cm³/mol. The second-order valence-electron chi connectivity index (χ2n) is 7.89. The minimum absolute atomic E-state index is 0.646. The van der Waals surface area contributed by atoms with E-state index in [0.29, 0.717) is 5.41 Å². The Balaban J connectivity index is 0.000000210. The summed E-state index contributed by atoms with van der Waals surface area (Å²) in [5.74, 6) is 2.84. The van der Waals surface area contributed by atoms with E-state index in [0.717, 1.165) is 18.6 Å². The molecule has 4 heteroatoms. The Morgan fingerprint density at radius 3 is 1.64 bits per heavy atom. The first kappa shape index (κ1) is 23.3. The molecule has 4 saturated heterocycles. The number of likely N-dealkylation sites (tertiary alicyclic amines) is 2. The van der Waals surface area contributed by atoms with Crippen LogP contribution in [0.4, 0.5) is 0 Å². The number of hydrogen-bond acceptors (Lipinski definition) is 4. The van der Waals surface area contributed by atoms with Gasteiger partial charge in [0, 0.05) is 32.1 Å². The highest BCUT2D eigenvalue weighted by atomic mass is 32.2. The highest BCUT2D eigenvalue weighted by Crippen LogP contribution is 2.42. The molecule has 25 heavy (non-hydrogen) atoms. The van der Waals surface area contributed by atoms with E-state index in [1.54, 1.807) is 0 Å². The smallest absolute Gasteiger partial charge is 0.0471 e. The quantitative estimate of drug-likeness (QED) is 0.616. The molecule has 4 rings (SSSR count). The van der Waals surface area contributed by atoms with Gasteiger partial charge in [0.25, 0.3) is 0 Å². The van der Waals surface area contributed by atoms with Crippen molar-refractivity contribution in [2.75, 3.05) is 65.0 Å². The molecule has 0 aromatic rings. The van der Waals surface area contributed by atoms with Crippen molar-refractivity contribution in [1.82, 2.24) is 9.80 Å². The van der Waals surface area contributed by atoms with Gasteiger partial charge in [0.2, 0.25) is 0 Å². The molecule has 150 valence electrons. The van der Waals surface area contributed by atoms with Gasteiger partial charge >= 0.3 is 0 Å². The van der Waals surface area contributed by atoms with Crippen molar-refractivity contribution in [3.05, 3.63) is 0 Å². The van der Waals surface area contributed by atoms with Crippen LogP contribution in [-0.4, -0.2) is 74.8 Å². The van der Waals surface area contributed by atoms with E-state index in [1.165, 1.54) is 69.8 Å². The van der Waals surface area contributed by atoms with Gasteiger partial charge < -0.3 is 14.5 Å². The largest absolute Gasteiger partial charge is 0.381 e. The molecule has 4 aliphatic rings. The minimum atomic E-state index is 0.646. The van der Waals surface area contributed by atoms with Crippen LogP contribution in [0, 0.1) is 10.8 Å². The highest BCUT2D eigenvalue weighted by molar-refractivity contribution is 7.99. The summed E-state index contributed by atoms with van der Waals surface area (Å²) >= 11 is 2.15. The number of ether oxygens (including phenoxy) is 1. The Kier molecular flexibility index (Phi) is 11.0. The predicted octanol–water partition coefficient (Wildman–Crippen LogP) is 4.62. The van der Waals surface area contributed by atoms with Crippen LogP contribution < -0.4 is 0 Å². The molecule has 1 atom stereocenters. The van der Waals surface area contributed by atoms with Crippen molar-refractivity contribution in [2.24, 2.45) is 10.8 Å². The van der Waals surface area contributed by atoms with Crippen LogP contribution in [-0.2, 0) is 4.74 Å². The van der Waals surface area contributed by atoms with Crippen LogP contribution >= 0.6 is 11.8 Å². The number of hydrogen-bond donors (Lipinski definition) is 0. The molecule has 4 fully saturated rings. The Morgan fingerprint density at radius 2 is 1.24 bits per heavy atom. The van der Waals surface area contributed by atoms with Gasteiger partial charge in [-0.3, -0.25) is 0 Å². The highest BCUT2D eigenvalue weighted by Gasteiger charge is 2.39. The molecule has 4 heterocycles. The van der Waals surface area contributed by atoms with Crippen molar-refractivity contribution >= 4 is 11.8 Å². The molecule has 0 amide bonds. The Morgan fingerprint density at radius 1 is 0.720 bits per heavy atom. The summed E-state index contributed by atoms with van der Waals surface area (Å²) in [6, 6.07) is 0. The monoisotopic (exact) mass is 372 g/mol. The Bertz CT molecular complexity index is 333. The summed E-state index contributed by atoms with van der Waals surface area (Å²) in [6.45, 7) is 15.3. The first-order chi connectivity index (χ1) is 12.1. The minimum Gasteiger partial charge on any atom is -0.381 e. The fraction of sp³-hybridized carbons (Fsp3) is 1.00. The van der Waals surface area contributed by atoms with E-state index >= 15 is 0 Å². The molecular weight excluding hydrogens is 328 g/mol. The molecule has 1 unspecified atom stereocenters. The van der Waals surface area contributed by atoms with E-state index in [9.17, 15) is 0 Å². The number of nitrogens with zero attached hydrogens (tertiary/aromatic N) is 2. The number of rotatable bonds is 0. The third-order valence-electron chi connectivity index (χ3n) is 6.00. The van der Waals surface area contributed by atoms with Crippen LogP contribution in [0.1, 0.15) is 59.8 Å². The lowest BCUT2D eigenvalue weighted by Gasteiger charge is -2.32. The van der Waals surface area contributed by atoms with Gasteiger partial charge in [-0.2, -0.15) is 11.8 Å². The summed E-state index contributed by atoms with van der Waals surface area (Å²) < 4.78 is 5.37. The summed E-state index contributed by atoms with van der Waals surface area (Å²) in [5, 5.41) is 0. The van der Waals surface area contributed by atoms with Gasteiger partial charge in [-0.15, -0.1) is 0 Å². The molecular formula is C21H44N2OS. The zero-order chi connectivity index (χ0) is 18.8. The van der Waals surface area contributed by atoms with Crippen LogP contribution in [0.3, 0.4) is 0 Å². The zero-order valence-corrected chi connectivity index (χ0v) is 18.7. The van der Waals surface area contributed by atoms with Gasteiger partial charge in [0.15, 0.2) is 0 Å². The van der Waals surface area contributed by atoms with Crippen molar-refractivity contribution in [2.45, 2.75) is 59.8 Å². The molecule has 0 radical (unpaired) electrons. The topological polar surface area (TPSA) is 15.7 Å². The lowest BCUT2D eigenvalue weighted by Crippen LogP contribution is -2.31. The molecule has 2 spiro atoms. The Labute approximate surface area is 162 Å². The van der Waals surface area contributed by atoms with Gasteiger partial charge in [0.05, 0.1) is 0 Å². The molecule has 0 saturated carbocycles. The van der Waals surface area contributed by atoms with E-state index in [1.807, 2.05) is 27.7 Å². The van der Waals surface area contributed by atoms with E-state index in [-0.39, 0.29) is 0 Å². The maximum atomic E-state index is 5.37. The van der Waals surface area contributed by atoms with Gasteiger partial charge in [-0.1, -0.05) is 27.7 Å². The zero-order valence-electron chi connectivity index (χ0n) is 17.9. The van der Waals surface area contributed by atoms with Crippen molar-refractivity contribution < 1.29 is 4.74 Å². The Hall–Kier alpha value is 0.230. The van der Waals surface area contributed by atoms with Crippen LogP contribution in [0.15, 0.2) is 0 Å². The molecule has 0 aromatic heterocycles. The maximum Gasteiger partial charge on any atom is 0.0471 e. The summed E-state index contributed by atoms with van der Waals surface area (Å²) in [6.07, 6.45) is 6.90. The molecule has 0 bridgehead atoms. The van der Waals surface area contributed by atoms with Crippen LogP contribution in [0.25, 0.3) is 0 Å². The van der Waals surface area contributed by atoms with Gasteiger partial charge in [-0.25, -0.2) is 0 Å². The fourth-order valence-electron chi connectivity index (χ4n) is 4.50. The molecule has 3 nitrogen and oxygen atoms in total. The second-order valence-corrected chi connectivity index (χ2v) is 9.00. The SMILES string of the molecule is CC.CC.CN1CCC2(CCOCC2)C1.CN1CCC2(CCSC2)C1. The average Bonchev–Trinajstić information content (AvgIpc) is 3.36. The maximum absolute atomic E-state index is 5.37. The normalized spacial score (nSPS) is 31.0. The lowest BCUT2D eigenvalue weighted by molar-refractivity contribution is 0.0205. The lowest BCUT2D eigenvalue weighted by atomic mass is 9.80. The summed E-state index contributed by atoms with van der Waals surface area (Å²) in [7, 11) is 4.47. The van der Waals surface area contributed by atoms with Crippen LogP contribution in [0.2, 0.25) is 0 Å². The van der Waals surface area contributed by atoms with Crippen LogP contribution in [0.5, 0.6) is 0 Å². The van der Waals surface area contributed by atoms with Crippen molar-refractivity contribution in [1.29, 1.82) is 0 Å². The average molecular weight is 373 g/mol. The molecule has 0 aliphatic carbocycles.